The molecule has 0 saturated heterocycles. The number of aryl methyl sites for hydroxylation is 1. The highest BCUT2D eigenvalue weighted by Gasteiger charge is 2.34. The first-order valence-corrected chi connectivity index (χ1v) is 16.4. The molecule has 2 amide bonds. The number of hydrogen-bond donors (Lipinski definition) is 1. The molecule has 0 aromatic heterocycles. The molecular weight excluding hydrogens is 555 g/mol. The summed E-state index contributed by atoms with van der Waals surface area (Å²) in [5, 5.41) is 3.00. The molecule has 0 unspecified atom stereocenters. The zero-order valence-electron chi connectivity index (χ0n) is 24.8. The van der Waals surface area contributed by atoms with Crippen LogP contribution in [0.25, 0.3) is 0 Å². The Morgan fingerprint density at radius 3 is 2.07 bits per heavy atom. The summed E-state index contributed by atoms with van der Waals surface area (Å²) in [5.74, 6) is -0.708. The van der Waals surface area contributed by atoms with Crippen molar-refractivity contribution in [3.63, 3.8) is 0 Å². The monoisotopic (exact) mass is 595 g/mol. The third kappa shape index (κ3) is 8.84. The molecule has 41 heavy (non-hydrogen) atoms. The van der Waals surface area contributed by atoms with Crippen LogP contribution < -0.4 is 9.62 Å². The fourth-order valence-corrected chi connectivity index (χ4v) is 6.29. The summed E-state index contributed by atoms with van der Waals surface area (Å²) in [7, 11) is -4.09. The molecule has 3 rings (SSSR count). The van der Waals surface area contributed by atoms with Gasteiger partial charge in [0.2, 0.25) is 11.8 Å². The number of carbonyl (C=O) groups excluding carboxylic acids is 2. The summed E-state index contributed by atoms with van der Waals surface area (Å²) in [5.41, 5.74) is 1.89. The number of benzene rings is 3. The van der Waals surface area contributed by atoms with Gasteiger partial charge in [-0.05, 0) is 88.8 Å². The molecule has 0 radical (unpaired) electrons. The SMILES string of the molecule is CC[C@@H](C(=O)NC(C)(C)C)N(CCc1ccccc1)C(=O)CN(c1ccc(C)cc1)S(=O)(=O)c1ccc(SC)cc1. The first-order chi connectivity index (χ1) is 19.4. The molecule has 0 aliphatic rings. The van der Waals surface area contributed by atoms with Gasteiger partial charge in [-0.15, -0.1) is 11.8 Å². The standard InChI is InChI=1S/C32H41N3O4S2/c1-7-29(31(37)33-32(3,4)5)34(22-21-25-11-9-8-10-12-25)30(36)23-35(26-15-13-24(2)14-16-26)41(38,39)28-19-17-27(40-6)18-20-28/h8-20,29H,7,21-23H2,1-6H3,(H,33,37)/t29-/m0/s1. The van der Waals surface area contributed by atoms with Crippen molar-refractivity contribution in [2.24, 2.45) is 0 Å². The largest absolute Gasteiger partial charge is 0.350 e. The Kier molecular flexibility index (Phi) is 11.0. The van der Waals surface area contributed by atoms with E-state index in [1.165, 1.54) is 16.7 Å². The zero-order chi connectivity index (χ0) is 30.2. The van der Waals surface area contributed by atoms with Gasteiger partial charge in [-0.1, -0.05) is 55.0 Å². The van der Waals surface area contributed by atoms with E-state index >= 15 is 0 Å². The molecule has 1 atom stereocenters. The molecule has 3 aromatic carbocycles. The highest BCUT2D eigenvalue weighted by atomic mass is 32.2. The second-order valence-electron chi connectivity index (χ2n) is 11.0. The molecule has 0 saturated carbocycles. The van der Waals surface area contributed by atoms with Crippen LogP contribution in [0.4, 0.5) is 5.69 Å². The molecule has 0 spiro atoms. The quantitative estimate of drug-likeness (QED) is 0.273. The van der Waals surface area contributed by atoms with Crippen molar-refractivity contribution in [1.82, 2.24) is 10.2 Å². The van der Waals surface area contributed by atoms with E-state index in [0.29, 0.717) is 18.5 Å². The van der Waals surface area contributed by atoms with Crippen LogP contribution in [-0.2, 0) is 26.0 Å². The second kappa shape index (κ2) is 14.0. The number of nitrogens with zero attached hydrogens (tertiary/aromatic N) is 2. The summed E-state index contributed by atoms with van der Waals surface area (Å²) < 4.78 is 29.1. The van der Waals surface area contributed by atoms with Crippen LogP contribution in [0.2, 0.25) is 0 Å². The Morgan fingerprint density at radius 2 is 1.54 bits per heavy atom. The molecule has 0 heterocycles. The third-order valence-electron chi connectivity index (χ3n) is 6.62. The van der Waals surface area contributed by atoms with E-state index in [0.717, 1.165) is 20.3 Å². The summed E-state index contributed by atoms with van der Waals surface area (Å²) in [6, 6.07) is 22.6. The van der Waals surface area contributed by atoms with Crippen LogP contribution in [0, 0.1) is 6.92 Å². The Labute approximate surface area is 249 Å². The third-order valence-corrected chi connectivity index (χ3v) is 9.15. The Bertz CT molecular complexity index is 1400. The number of anilines is 1. The van der Waals surface area contributed by atoms with Crippen molar-refractivity contribution < 1.29 is 18.0 Å². The van der Waals surface area contributed by atoms with E-state index in [4.69, 9.17) is 0 Å². The predicted molar refractivity (Wildman–Crippen MR) is 168 cm³/mol. The summed E-state index contributed by atoms with van der Waals surface area (Å²) in [6.07, 6.45) is 2.83. The van der Waals surface area contributed by atoms with Gasteiger partial charge in [-0.3, -0.25) is 13.9 Å². The van der Waals surface area contributed by atoms with Crippen molar-refractivity contribution in [3.05, 3.63) is 90.0 Å². The topological polar surface area (TPSA) is 86.8 Å². The number of sulfonamides is 1. The van der Waals surface area contributed by atoms with Crippen molar-refractivity contribution >= 4 is 39.3 Å². The fourth-order valence-electron chi connectivity index (χ4n) is 4.46. The van der Waals surface area contributed by atoms with Crippen LogP contribution in [0.1, 0.15) is 45.2 Å². The highest BCUT2D eigenvalue weighted by Crippen LogP contribution is 2.26. The smallest absolute Gasteiger partial charge is 0.264 e. The van der Waals surface area contributed by atoms with Crippen LogP contribution in [-0.4, -0.2) is 56.1 Å². The molecule has 0 aliphatic heterocycles. The Morgan fingerprint density at radius 1 is 0.927 bits per heavy atom. The molecule has 9 heteroatoms. The van der Waals surface area contributed by atoms with Crippen LogP contribution in [0.3, 0.4) is 0 Å². The predicted octanol–water partition coefficient (Wildman–Crippen LogP) is 5.68. The minimum absolute atomic E-state index is 0.0945. The molecule has 0 aliphatic carbocycles. The van der Waals surface area contributed by atoms with Crippen LogP contribution in [0.15, 0.2) is 88.7 Å². The van der Waals surface area contributed by atoms with Gasteiger partial charge >= 0.3 is 0 Å². The Balaban J connectivity index is 2.01. The van der Waals surface area contributed by atoms with Crippen LogP contribution >= 0.6 is 11.8 Å². The fraction of sp³-hybridized carbons (Fsp3) is 0.375. The number of rotatable bonds is 12. The maximum Gasteiger partial charge on any atom is 0.264 e. The van der Waals surface area contributed by atoms with Gasteiger partial charge in [0.25, 0.3) is 10.0 Å². The number of hydrogen-bond acceptors (Lipinski definition) is 5. The minimum atomic E-state index is -4.09. The lowest BCUT2D eigenvalue weighted by molar-refractivity contribution is -0.140. The lowest BCUT2D eigenvalue weighted by Gasteiger charge is -2.34. The van der Waals surface area contributed by atoms with Crippen molar-refractivity contribution in [1.29, 1.82) is 0 Å². The average molecular weight is 596 g/mol. The summed E-state index contributed by atoms with van der Waals surface area (Å²) in [6.45, 7) is 9.27. The van der Waals surface area contributed by atoms with Gasteiger partial charge < -0.3 is 10.2 Å². The van der Waals surface area contributed by atoms with Crippen molar-refractivity contribution in [2.75, 3.05) is 23.7 Å². The van der Waals surface area contributed by atoms with Gasteiger partial charge in [-0.2, -0.15) is 0 Å². The molecule has 7 nitrogen and oxygen atoms in total. The van der Waals surface area contributed by atoms with E-state index in [2.05, 4.69) is 5.32 Å². The summed E-state index contributed by atoms with van der Waals surface area (Å²) >= 11 is 1.52. The van der Waals surface area contributed by atoms with E-state index in [1.807, 2.05) is 83.3 Å². The van der Waals surface area contributed by atoms with Gasteiger partial charge in [0.05, 0.1) is 10.6 Å². The molecular formula is C32H41N3O4S2. The zero-order valence-corrected chi connectivity index (χ0v) is 26.4. The van der Waals surface area contributed by atoms with Crippen molar-refractivity contribution in [2.45, 2.75) is 68.8 Å². The number of thioether (sulfide) groups is 1. The van der Waals surface area contributed by atoms with E-state index < -0.39 is 34.1 Å². The van der Waals surface area contributed by atoms with Gasteiger partial charge in [0, 0.05) is 17.0 Å². The summed E-state index contributed by atoms with van der Waals surface area (Å²) in [4.78, 5) is 30.0. The van der Waals surface area contributed by atoms with Crippen molar-refractivity contribution in [3.8, 4) is 0 Å². The normalized spacial score (nSPS) is 12.4. The van der Waals surface area contributed by atoms with E-state index in [9.17, 15) is 18.0 Å². The molecule has 0 fully saturated rings. The average Bonchev–Trinajstić information content (AvgIpc) is 2.94. The maximum absolute atomic E-state index is 14.1. The van der Waals surface area contributed by atoms with Gasteiger partial charge in [0.1, 0.15) is 12.6 Å². The lowest BCUT2D eigenvalue weighted by Crippen LogP contribution is -2.56. The van der Waals surface area contributed by atoms with Gasteiger partial charge in [0.15, 0.2) is 0 Å². The first-order valence-electron chi connectivity index (χ1n) is 13.7. The molecule has 1 N–H and O–H groups in total. The maximum atomic E-state index is 14.1. The number of nitrogens with one attached hydrogen (secondary N) is 1. The minimum Gasteiger partial charge on any atom is -0.350 e. The molecule has 0 bridgehead atoms. The van der Waals surface area contributed by atoms with Crippen LogP contribution in [0.5, 0.6) is 0 Å². The highest BCUT2D eigenvalue weighted by molar-refractivity contribution is 7.98. The second-order valence-corrected chi connectivity index (χ2v) is 13.8. The number of carbonyl (C=O) groups is 2. The Hall–Kier alpha value is -3.30. The molecule has 220 valence electrons. The number of amides is 2. The first kappa shape index (κ1) is 32.2. The van der Waals surface area contributed by atoms with E-state index in [1.54, 1.807) is 36.4 Å². The van der Waals surface area contributed by atoms with E-state index in [-0.39, 0.29) is 17.3 Å². The van der Waals surface area contributed by atoms with Gasteiger partial charge in [-0.25, -0.2) is 8.42 Å². The molecule has 3 aromatic rings. The lowest BCUT2D eigenvalue weighted by atomic mass is 10.1.